The second kappa shape index (κ2) is 7.11. The lowest BCUT2D eigenvalue weighted by atomic mass is 10.1. The van der Waals surface area contributed by atoms with E-state index in [1.807, 2.05) is 30.3 Å². The van der Waals surface area contributed by atoms with Crippen LogP contribution in [0.4, 0.5) is 5.69 Å². The van der Waals surface area contributed by atoms with Gasteiger partial charge in [0.2, 0.25) is 5.91 Å². The zero-order chi connectivity index (χ0) is 15.2. The van der Waals surface area contributed by atoms with E-state index in [-0.39, 0.29) is 5.91 Å². The highest BCUT2D eigenvalue weighted by Gasteiger charge is 2.14. The van der Waals surface area contributed by atoms with Crippen LogP contribution in [0.5, 0.6) is 5.75 Å². The number of hydrogen-bond donors (Lipinski definition) is 2. The number of carbonyl (C=O) groups excluding carboxylic acids is 1. The number of rotatable bonds is 5. The molecule has 0 unspecified atom stereocenters. The number of anilines is 1. The Hall–Kier alpha value is -2.04. The van der Waals surface area contributed by atoms with Crippen molar-refractivity contribution in [1.82, 2.24) is 0 Å². The summed E-state index contributed by atoms with van der Waals surface area (Å²) in [5, 5.41) is 3.19. The maximum atomic E-state index is 12.1. The molecule has 0 saturated carbocycles. The molecule has 3 N–H and O–H groups in total. The standard InChI is InChI=1S/C16H17ClN2O2/c1-21-15-8-7-12(10-13(15)17)19-16(20)14(18)9-11-5-3-2-4-6-11/h2-8,10,14H,9,18H2,1H3,(H,19,20)/t14-/m0/s1. The van der Waals surface area contributed by atoms with Gasteiger partial charge in [0.15, 0.2) is 0 Å². The molecule has 5 heteroatoms. The minimum absolute atomic E-state index is 0.250. The Morgan fingerprint density at radius 2 is 2.00 bits per heavy atom. The summed E-state index contributed by atoms with van der Waals surface area (Å²) in [6, 6.07) is 14.1. The fourth-order valence-electron chi connectivity index (χ4n) is 1.94. The lowest BCUT2D eigenvalue weighted by Gasteiger charge is -2.13. The predicted molar refractivity (Wildman–Crippen MR) is 84.8 cm³/mol. The molecule has 0 aliphatic carbocycles. The van der Waals surface area contributed by atoms with Gasteiger partial charge in [0, 0.05) is 5.69 Å². The molecule has 0 aliphatic rings. The Balaban J connectivity index is 1.99. The highest BCUT2D eigenvalue weighted by Crippen LogP contribution is 2.27. The van der Waals surface area contributed by atoms with Crippen molar-refractivity contribution in [3.63, 3.8) is 0 Å². The summed E-state index contributed by atoms with van der Waals surface area (Å²) >= 11 is 6.01. The van der Waals surface area contributed by atoms with E-state index in [0.29, 0.717) is 22.9 Å². The zero-order valence-electron chi connectivity index (χ0n) is 11.7. The Bertz CT molecular complexity index is 617. The van der Waals surface area contributed by atoms with Crippen molar-refractivity contribution >= 4 is 23.2 Å². The van der Waals surface area contributed by atoms with Crippen molar-refractivity contribution in [3.8, 4) is 5.75 Å². The number of nitrogens with two attached hydrogens (primary N) is 1. The molecule has 2 rings (SSSR count). The van der Waals surface area contributed by atoms with E-state index in [1.54, 1.807) is 18.2 Å². The van der Waals surface area contributed by atoms with Gasteiger partial charge >= 0.3 is 0 Å². The third-order valence-corrected chi connectivity index (χ3v) is 3.35. The molecule has 0 fully saturated rings. The molecule has 2 aromatic carbocycles. The second-order valence-electron chi connectivity index (χ2n) is 4.63. The van der Waals surface area contributed by atoms with Gasteiger partial charge in [-0.25, -0.2) is 0 Å². The largest absolute Gasteiger partial charge is 0.495 e. The number of carbonyl (C=O) groups is 1. The topological polar surface area (TPSA) is 64.3 Å². The average Bonchev–Trinajstić information content (AvgIpc) is 2.48. The first-order chi connectivity index (χ1) is 10.1. The van der Waals surface area contributed by atoms with E-state index in [1.165, 1.54) is 7.11 Å². The van der Waals surface area contributed by atoms with E-state index < -0.39 is 6.04 Å². The minimum Gasteiger partial charge on any atom is -0.495 e. The number of amides is 1. The van der Waals surface area contributed by atoms with Crippen molar-refractivity contribution < 1.29 is 9.53 Å². The SMILES string of the molecule is COc1ccc(NC(=O)[C@@H](N)Cc2ccccc2)cc1Cl. The zero-order valence-corrected chi connectivity index (χ0v) is 12.4. The molecule has 0 aromatic heterocycles. The van der Waals surface area contributed by atoms with Crippen LogP contribution in [-0.2, 0) is 11.2 Å². The lowest BCUT2D eigenvalue weighted by molar-refractivity contribution is -0.117. The van der Waals surface area contributed by atoms with Crippen LogP contribution in [0.2, 0.25) is 5.02 Å². The highest BCUT2D eigenvalue weighted by molar-refractivity contribution is 6.32. The summed E-state index contributed by atoms with van der Waals surface area (Å²) < 4.78 is 5.06. The maximum Gasteiger partial charge on any atom is 0.241 e. The molecule has 1 amide bonds. The van der Waals surface area contributed by atoms with E-state index in [2.05, 4.69) is 5.32 Å². The van der Waals surface area contributed by atoms with Gasteiger partial charge in [0.1, 0.15) is 5.75 Å². The predicted octanol–water partition coefficient (Wildman–Crippen LogP) is 2.86. The summed E-state index contributed by atoms with van der Waals surface area (Å²) in [7, 11) is 1.54. The normalized spacial score (nSPS) is 11.8. The van der Waals surface area contributed by atoms with E-state index in [0.717, 1.165) is 5.56 Å². The van der Waals surface area contributed by atoms with Gasteiger partial charge in [0.25, 0.3) is 0 Å². The van der Waals surface area contributed by atoms with Crippen molar-refractivity contribution in [3.05, 3.63) is 59.1 Å². The molecular weight excluding hydrogens is 288 g/mol. The van der Waals surface area contributed by atoms with E-state index >= 15 is 0 Å². The van der Waals surface area contributed by atoms with Gasteiger partial charge in [0.05, 0.1) is 18.2 Å². The molecule has 110 valence electrons. The summed E-state index contributed by atoms with van der Waals surface area (Å²) in [5.41, 5.74) is 7.53. The van der Waals surface area contributed by atoms with Crippen molar-refractivity contribution in [2.45, 2.75) is 12.5 Å². The third-order valence-electron chi connectivity index (χ3n) is 3.05. The van der Waals surface area contributed by atoms with E-state index in [4.69, 9.17) is 22.1 Å². The van der Waals surface area contributed by atoms with Crippen molar-refractivity contribution in [2.24, 2.45) is 5.73 Å². The molecule has 0 saturated heterocycles. The number of hydrogen-bond acceptors (Lipinski definition) is 3. The first kappa shape index (κ1) is 15.4. The third kappa shape index (κ3) is 4.21. The van der Waals surface area contributed by atoms with Crippen molar-refractivity contribution in [1.29, 1.82) is 0 Å². The van der Waals surface area contributed by atoms with Crippen LogP contribution in [0.1, 0.15) is 5.56 Å². The Labute approximate surface area is 128 Å². The van der Waals surface area contributed by atoms with Gasteiger partial charge in [-0.05, 0) is 30.2 Å². The fourth-order valence-corrected chi connectivity index (χ4v) is 2.20. The number of nitrogens with one attached hydrogen (secondary N) is 1. The average molecular weight is 305 g/mol. The van der Waals surface area contributed by atoms with E-state index in [9.17, 15) is 4.79 Å². The molecule has 0 heterocycles. The van der Waals surface area contributed by atoms with Gasteiger partial charge in [-0.2, -0.15) is 0 Å². The van der Waals surface area contributed by atoms with Crippen LogP contribution in [-0.4, -0.2) is 19.1 Å². The van der Waals surface area contributed by atoms with Crippen LogP contribution >= 0.6 is 11.6 Å². The number of halogens is 1. The van der Waals surface area contributed by atoms with Gasteiger partial charge in [-0.15, -0.1) is 0 Å². The molecule has 1 atom stereocenters. The first-order valence-electron chi connectivity index (χ1n) is 6.54. The number of ether oxygens (including phenoxy) is 1. The number of benzene rings is 2. The second-order valence-corrected chi connectivity index (χ2v) is 5.04. The molecule has 0 radical (unpaired) electrons. The van der Waals surface area contributed by atoms with Crippen LogP contribution in [0, 0.1) is 0 Å². The first-order valence-corrected chi connectivity index (χ1v) is 6.92. The molecule has 4 nitrogen and oxygen atoms in total. The molecular formula is C16H17ClN2O2. The van der Waals surface area contributed by atoms with Gasteiger partial charge < -0.3 is 15.8 Å². The van der Waals surface area contributed by atoms with Gasteiger partial charge in [-0.3, -0.25) is 4.79 Å². The van der Waals surface area contributed by atoms with Crippen LogP contribution in [0.15, 0.2) is 48.5 Å². The summed E-state index contributed by atoms with van der Waals surface area (Å²) in [5.74, 6) is 0.309. The lowest BCUT2D eigenvalue weighted by Crippen LogP contribution is -2.37. The quantitative estimate of drug-likeness (QED) is 0.892. The summed E-state index contributed by atoms with van der Waals surface area (Å²) in [4.78, 5) is 12.1. The summed E-state index contributed by atoms with van der Waals surface area (Å²) in [6.45, 7) is 0. The Kier molecular flexibility index (Phi) is 5.20. The maximum absolute atomic E-state index is 12.1. The monoisotopic (exact) mass is 304 g/mol. The molecule has 0 spiro atoms. The minimum atomic E-state index is -0.617. The van der Waals surface area contributed by atoms with Crippen LogP contribution < -0.4 is 15.8 Å². The Morgan fingerprint density at radius 1 is 1.29 bits per heavy atom. The molecule has 21 heavy (non-hydrogen) atoms. The smallest absolute Gasteiger partial charge is 0.241 e. The van der Waals surface area contributed by atoms with Crippen LogP contribution in [0.3, 0.4) is 0 Å². The van der Waals surface area contributed by atoms with Crippen LogP contribution in [0.25, 0.3) is 0 Å². The highest BCUT2D eigenvalue weighted by atomic mass is 35.5. The fraction of sp³-hybridized carbons (Fsp3) is 0.188. The molecule has 0 bridgehead atoms. The summed E-state index contributed by atoms with van der Waals surface area (Å²) in [6.07, 6.45) is 0.483. The molecule has 2 aromatic rings. The Morgan fingerprint density at radius 3 is 2.62 bits per heavy atom. The molecule has 0 aliphatic heterocycles. The number of methoxy groups -OCH3 is 1. The van der Waals surface area contributed by atoms with Crippen molar-refractivity contribution in [2.75, 3.05) is 12.4 Å². The van der Waals surface area contributed by atoms with Gasteiger partial charge in [-0.1, -0.05) is 41.9 Å².